The van der Waals surface area contributed by atoms with Crippen molar-refractivity contribution in [2.45, 2.75) is 12.8 Å². The van der Waals surface area contributed by atoms with Gasteiger partial charge in [0.1, 0.15) is 0 Å². The molecule has 1 N–H and O–H groups in total. The van der Waals surface area contributed by atoms with E-state index in [2.05, 4.69) is 21.2 Å². The van der Waals surface area contributed by atoms with Crippen LogP contribution in [0.25, 0.3) is 0 Å². The second-order valence-electron chi connectivity index (χ2n) is 4.87. The second kappa shape index (κ2) is 8.22. The molecule has 1 amide bonds. The van der Waals surface area contributed by atoms with E-state index in [1.165, 1.54) is 7.11 Å². The lowest BCUT2D eigenvalue weighted by atomic mass is 10.1. The Morgan fingerprint density at radius 3 is 2.65 bits per heavy atom. The lowest BCUT2D eigenvalue weighted by molar-refractivity contribution is -0.116. The van der Waals surface area contributed by atoms with Crippen LogP contribution < -0.4 is 14.8 Å². The third-order valence-corrected chi connectivity index (χ3v) is 4.02. The molecule has 4 nitrogen and oxygen atoms in total. The van der Waals surface area contributed by atoms with Gasteiger partial charge >= 0.3 is 0 Å². The first-order chi connectivity index (χ1) is 11.0. The van der Waals surface area contributed by atoms with Crippen LogP contribution in [-0.4, -0.2) is 20.1 Å². The Hall–Kier alpha value is -1.72. The Labute approximate surface area is 148 Å². The lowest BCUT2D eigenvalue weighted by Crippen LogP contribution is -2.12. The minimum atomic E-state index is -0.0611. The quantitative estimate of drug-likeness (QED) is 0.768. The highest BCUT2D eigenvalue weighted by molar-refractivity contribution is 9.10. The molecule has 0 aromatic heterocycles. The van der Waals surface area contributed by atoms with E-state index in [9.17, 15) is 4.79 Å². The summed E-state index contributed by atoms with van der Waals surface area (Å²) in [6, 6.07) is 11.1. The fourth-order valence-electron chi connectivity index (χ4n) is 2.16. The maximum atomic E-state index is 12.0. The van der Waals surface area contributed by atoms with Crippen molar-refractivity contribution in [2.75, 3.05) is 19.5 Å². The van der Waals surface area contributed by atoms with Gasteiger partial charge in [0.25, 0.3) is 0 Å². The van der Waals surface area contributed by atoms with Crippen LogP contribution in [0.1, 0.15) is 12.0 Å². The number of rotatable bonds is 6. The van der Waals surface area contributed by atoms with E-state index in [0.717, 1.165) is 15.7 Å². The fourth-order valence-corrected chi connectivity index (χ4v) is 2.87. The smallest absolute Gasteiger partial charge is 0.224 e. The van der Waals surface area contributed by atoms with Gasteiger partial charge in [-0.15, -0.1) is 0 Å². The van der Waals surface area contributed by atoms with Crippen molar-refractivity contribution in [1.29, 1.82) is 0 Å². The highest BCUT2D eigenvalue weighted by atomic mass is 79.9. The van der Waals surface area contributed by atoms with E-state index in [1.807, 2.05) is 30.3 Å². The van der Waals surface area contributed by atoms with Gasteiger partial charge < -0.3 is 14.8 Å². The summed E-state index contributed by atoms with van der Waals surface area (Å²) in [5, 5.41) is 3.33. The van der Waals surface area contributed by atoms with Gasteiger partial charge in [-0.05, 0) is 42.3 Å². The Balaban J connectivity index is 2.00. The van der Waals surface area contributed by atoms with Crippen molar-refractivity contribution in [3.63, 3.8) is 0 Å². The van der Waals surface area contributed by atoms with Crippen LogP contribution in [0.15, 0.2) is 40.9 Å². The normalized spacial score (nSPS) is 10.3. The summed E-state index contributed by atoms with van der Waals surface area (Å²) in [6.45, 7) is 0. The average molecular weight is 399 g/mol. The van der Waals surface area contributed by atoms with Crippen molar-refractivity contribution in [1.82, 2.24) is 0 Å². The van der Waals surface area contributed by atoms with E-state index in [0.29, 0.717) is 29.4 Å². The third kappa shape index (κ3) is 4.88. The molecular formula is C17H17BrClNO3. The van der Waals surface area contributed by atoms with Crippen LogP contribution in [-0.2, 0) is 11.2 Å². The van der Waals surface area contributed by atoms with Crippen LogP contribution in [0.5, 0.6) is 11.5 Å². The van der Waals surface area contributed by atoms with Gasteiger partial charge in [0.15, 0.2) is 11.5 Å². The summed E-state index contributed by atoms with van der Waals surface area (Å²) in [5.74, 6) is 0.993. The predicted molar refractivity (Wildman–Crippen MR) is 95.6 cm³/mol. The number of aryl methyl sites for hydroxylation is 1. The van der Waals surface area contributed by atoms with E-state index in [4.69, 9.17) is 21.1 Å². The first-order valence-corrected chi connectivity index (χ1v) is 8.16. The summed E-state index contributed by atoms with van der Waals surface area (Å²) in [4.78, 5) is 12.0. The van der Waals surface area contributed by atoms with E-state index >= 15 is 0 Å². The molecule has 0 unspecified atom stereocenters. The molecule has 2 rings (SSSR count). The van der Waals surface area contributed by atoms with Crippen molar-refractivity contribution in [3.8, 4) is 11.5 Å². The van der Waals surface area contributed by atoms with Gasteiger partial charge in [-0.2, -0.15) is 0 Å². The molecule has 6 heteroatoms. The summed E-state index contributed by atoms with van der Waals surface area (Å²) in [6.07, 6.45) is 0.901. The summed E-state index contributed by atoms with van der Waals surface area (Å²) in [7, 11) is 3.09. The number of nitrogens with one attached hydrogen (secondary N) is 1. The largest absolute Gasteiger partial charge is 0.493 e. The van der Waals surface area contributed by atoms with E-state index < -0.39 is 0 Å². The van der Waals surface area contributed by atoms with Crippen molar-refractivity contribution < 1.29 is 14.3 Å². The molecule has 23 heavy (non-hydrogen) atoms. The number of ether oxygens (including phenoxy) is 2. The highest BCUT2D eigenvalue weighted by Gasteiger charge is 2.12. The molecule has 0 atom stereocenters. The molecule has 0 saturated heterocycles. The molecule has 0 radical (unpaired) electrons. The minimum Gasteiger partial charge on any atom is -0.493 e. The molecule has 2 aromatic carbocycles. The number of carbonyl (C=O) groups is 1. The number of amides is 1. The molecule has 2 aromatic rings. The highest BCUT2D eigenvalue weighted by Crippen LogP contribution is 2.36. The predicted octanol–water partition coefficient (Wildman–Crippen LogP) is 4.69. The number of anilines is 1. The van der Waals surface area contributed by atoms with Crippen molar-refractivity contribution >= 4 is 39.1 Å². The van der Waals surface area contributed by atoms with Gasteiger partial charge in [0, 0.05) is 16.6 Å². The maximum absolute atomic E-state index is 12.0. The zero-order chi connectivity index (χ0) is 16.8. The molecular weight excluding hydrogens is 382 g/mol. The molecule has 0 fully saturated rings. The van der Waals surface area contributed by atoms with Gasteiger partial charge in [-0.1, -0.05) is 33.6 Å². The Morgan fingerprint density at radius 1 is 1.22 bits per heavy atom. The van der Waals surface area contributed by atoms with Crippen molar-refractivity contribution in [2.24, 2.45) is 0 Å². The zero-order valence-electron chi connectivity index (χ0n) is 12.9. The number of hydrogen-bond acceptors (Lipinski definition) is 3. The Morgan fingerprint density at radius 2 is 2.00 bits per heavy atom. The Bertz CT molecular complexity index is 706. The molecule has 0 aliphatic rings. The van der Waals surface area contributed by atoms with Crippen molar-refractivity contribution in [3.05, 3.63) is 51.5 Å². The third-order valence-electron chi connectivity index (χ3n) is 3.24. The Kier molecular flexibility index (Phi) is 6.30. The van der Waals surface area contributed by atoms with Gasteiger partial charge in [0.2, 0.25) is 5.91 Å². The molecule has 0 spiro atoms. The number of hydrogen-bond donors (Lipinski definition) is 1. The van der Waals surface area contributed by atoms with Gasteiger partial charge in [0.05, 0.1) is 19.2 Å². The molecule has 0 saturated carbocycles. The summed E-state index contributed by atoms with van der Waals surface area (Å²) < 4.78 is 11.4. The van der Waals surface area contributed by atoms with Crippen LogP contribution in [0.4, 0.5) is 5.69 Å². The second-order valence-corrected chi connectivity index (χ2v) is 6.19. The van der Waals surface area contributed by atoms with Gasteiger partial charge in [-0.3, -0.25) is 4.79 Å². The topological polar surface area (TPSA) is 47.6 Å². The lowest BCUT2D eigenvalue weighted by Gasteiger charge is -2.12. The molecule has 0 aliphatic heterocycles. The molecule has 0 bridgehead atoms. The zero-order valence-corrected chi connectivity index (χ0v) is 15.2. The monoisotopic (exact) mass is 397 g/mol. The van der Waals surface area contributed by atoms with Crippen LogP contribution in [0.2, 0.25) is 5.02 Å². The van der Waals surface area contributed by atoms with Gasteiger partial charge in [-0.25, -0.2) is 0 Å². The SMILES string of the molecule is COc1cc(CCC(=O)Nc2cccc(Br)c2)cc(Cl)c1OC. The van der Waals surface area contributed by atoms with E-state index in [-0.39, 0.29) is 5.91 Å². The first-order valence-electron chi connectivity index (χ1n) is 6.99. The van der Waals surface area contributed by atoms with Crippen LogP contribution in [0.3, 0.4) is 0 Å². The number of benzene rings is 2. The first kappa shape index (κ1) is 17.6. The fraction of sp³-hybridized carbons (Fsp3) is 0.235. The number of halogens is 2. The summed E-state index contributed by atoms with van der Waals surface area (Å²) >= 11 is 9.54. The average Bonchev–Trinajstić information content (AvgIpc) is 2.52. The number of methoxy groups -OCH3 is 2. The van der Waals surface area contributed by atoms with Crippen LogP contribution in [0, 0.1) is 0 Å². The minimum absolute atomic E-state index is 0.0611. The number of carbonyl (C=O) groups excluding carboxylic acids is 1. The standard InChI is InChI=1S/C17H17BrClNO3/c1-22-15-9-11(8-14(19)17(15)23-2)6-7-16(21)20-13-5-3-4-12(18)10-13/h3-5,8-10H,6-7H2,1-2H3,(H,20,21). The molecule has 122 valence electrons. The maximum Gasteiger partial charge on any atom is 0.224 e. The van der Waals surface area contributed by atoms with Crippen LogP contribution >= 0.6 is 27.5 Å². The summed E-state index contributed by atoms with van der Waals surface area (Å²) in [5.41, 5.74) is 1.67. The van der Waals surface area contributed by atoms with E-state index in [1.54, 1.807) is 13.2 Å². The molecule has 0 heterocycles. The molecule has 0 aliphatic carbocycles.